The topological polar surface area (TPSA) is 96.2 Å². The molecule has 2 aromatic heterocycles. The number of anilines is 2. The number of carbonyl (C=O) groups excluding carboxylic acids is 2. The Kier molecular flexibility index (Phi) is 5.23. The number of rotatable bonds is 6. The molecule has 9 nitrogen and oxygen atoms in total. The van der Waals surface area contributed by atoms with Gasteiger partial charge in [0.25, 0.3) is 0 Å². The Morgan fingerprint density at radius 2 is 1.94 bits per heavy atom. The number of nitrogens with one attached hydrogen (secondary N) is 1. The minimum Gasteiger partial charge on any atom is -0.356 e. The molecule has 3 aromatic rings. The largest absolute Gasteiger partial charge is 0.356 e. The highest BCUT2D eigenvalue weighted by Gasteiger charge is 2.34. The normalized spacial score (nSPS) is 18.8. The highest BCUT2D eigenvalue weighted by Crippen LogP contribution is 2.26. The van der Waals surface area contributed by atoms with Gasteiger partial charge in [0.05, 0.1) is 24.0 Å². The van der Waals surface area contributed by atoms with Crippen molar-refractivity contribution in [2.75, 3.05) is 36.0 Å². The van der Waals surface area contributed by atoms with Crippen molar-refractivity contribution in [2.45, 2.75) is 25.8 Å². The van der Waals surface area contributed by atoms with Crippen LogP contribution in [0.1, 0.15) is 19.3 Å². The second kappa shape index (κ2) is 8.33. The van der Waals surface area contributed by atoms with Crippen LogP contribution in [0.3, 0.4) is 0 Å². The summed E-state index contributed by atoms with van der Waals surface area (Å²) in [5.41, 5.74) is 1.61. The number of aromatic nitrogens is 4. The summed E-state index contributed by atoms with van der Waals surface area (Å²) in [6.07, 6.45) is 5.97. The molecule has 0 saturated carbocycles. The van der Waals surface area contributed by atoms with E-state index in [1.807, 2.05) is 30.3 Å². The van der Waals surface area contributed by atoms with Crippen molar-refractivity contribution in [1.82, 2.24) is 25.1 Å². The molecule has 0 radical (unpaired) electrons. The van der Waals surface area contributed by atoms with Crippen molar-refractivity contribution in [3.8, 4) is 0 Å². The lowest BCUT2D eigenvalue weighted by Crippen LogP contribution is -2.35. The van der Waals surface area contributed by atoms with Gasteiger partial charge in [0.1, 0.15) is 12.1 Å². The standard InChI is InChI=1S/C22H25N7O2/c30-19-12-16(14-28(19)17-6-2-1-3-7-17)22(31)23-8-11-29-21-18(13-26-29)20(24-15-25-21)27-9-4-5-10-27/h1-3,6-7,13,15-16H,4-5,8-12,14H2,(H,23,31). The minimum absolute atomic E-state index is 0.0180. The monoisotopic (exact) mass is 419 g/mol. The Labute approximate surface area is 180 Å². The van der Waals surface area contributed by atoms with Gasteiger partial charge in [0.2, 0.25) is 11.8 Å². The van der Waals surface area contributed by atoms with Gasteiger partial charge in [0, 0.05) is 38.3 Å². The van der Waals surface area contributed by atoms with Gasteiger partial charge in [0.15, 0.2) is 5.65 Å². The van der Waals surface area contributed by atoms with Crippen LogP contribution in [0.25, 0.3) is 11.0 Å². The molecular weight excluding hydrogens is 394 g/mol. The zero-order valence-corrected chi connectivity index (χ0v) is 17.3. The Morgan fingerprint density at radius 3 is 2.74 bits per heavy atom. The fourth-order valence-electron chi connectivity index (χ4n) is 4.40. The molecule has 1 aromatic carbocycles. The molecule has 4 heterocycles. The molecule has 0 spiro atoms. The highest BCUT2D eigenvalue weighted by atomic mass is 16.2. The minimum atomic E-state index is -0.342. The van der Waals surface area contributed by atoms with E-state index >= 15 is 0 Å². The van der Waals surface area contributed by atoms with Crippen molar-refractivity contribution in [3.63, 3.8) is 0 Å². The van der Waals surface area contributed by atoms with E-state index in [2.05, 4.69) is 25.3 Å². The van der Waals surface area contributed by atoms with Crippen molar-refractivity contribution >= 4 is 34.4 Å². The van der Waals surface area contributed by atoms with Crippen molar-refractivity contribution in [2.24, 2.45) is 5.92 Å². The van der Waals surface area contributed by atoms with Crippen LogP contribution in [0.4, 0.5) is 11.5 Å². The summed E-state index contributed by atoms with van der Waals surface area (Å²) in [5.74, 6) is 0.473. The molecule has 5 rings (SSSR count). The molecule has 31 heavy (non-hydrogen) atoms. The third kappa shape index (κ3) is 3.83. The number of carbonyl (C=O) groups is 2. The molecule has 0 aliphatic carbocycles. The molecular formula is C22H25N7O2. The third-order valence-electron chi connectivity index (χ3n) is 6.00. The Morgan fingerprint density at radius 1 is 1.13 bits per heavy atom. The number of benzene rings is 1. The second-order valence-electron chi connectivity index (χ2n) is 8.03. The van der Waals surface area contributed by atoms with Crippen LogP contribution in [0.15, 0.2) is 42.9 Å². The summed E-state index contributed by atoms with van der Waals surface area (Å²) in [6.45, 7) is 3.36. The Hall–Kier alpha value is -3.49. The molecule has 9 heteroatoms. The smallest absolute Gasteiger partial charge is 0.227 e. The average molecular weight is 419 g/mol. The maximum Gasteiger partial charge on any atom is 0.227 e. The number of hydrogen-bond donors (Lipinski definition) is 1. The van der Waals surface area contributed by atoms with Gasteiger partial charge in [-0.15, -0.1) is 0 Å². The average Bonchev–Trinajstić information content (AvgIpc) is 3.54. The molecule has 0 bridgehead atoms. The van der Waals surface area contributed by atoms with Crippen LogP contribution in [0, 0.1) is 5.92 Å². The van der Waals surface area contributed by atoms with E-state index in [1.165, 1.54) is 12.8 Å². The Balaban J connectivity index is 1.20. The van der Waals surface area contributed by atoms with Gasteiger partial charge >= 0.3 is 0 Å². The SMILES string of the molecule is O=C(NCCn1ncc2c(N3CCCC3)ncnc21)C1CC(=O)N(c2ccccc2)C1. The molecule has 160 valence electrons. The van der Waals surface area contributed by atoms with Crippen LogP contribution in [0.5, 0.6) is 0 Å². The van der Waals surface area contributed by atoms with Crippen LogP contribution in [-0.4, -0.2) is 57.7 Å². The third-order valence-corrected chi connectivity index (χ3v) is 6.00. The molecule has 2 aliphatic heterocycles. The van der Waals surface area contributed by atoms with E-state index in [4.69, 9.17) is 0 Å². The summed E-state index contributed by atoms with van der Waals surface area (Å²) >= 11 is 0. The van der Waals surface area contributed by atoms with E-state index in [0.29, 0.717) is 19.6 Å². The summed E-state index contributed by atoms with van der Waals surface area (Å²) in [5, 5.41) is 8.36. The first-order valence-electron chi connectivity index (χ1n) is 10.8. The summed E-state index contributed by atoms with van der Waals surface area (Å²) in [4.78, 5) is 37.8. The van der Waals surface area contributed by atoms with E-state index in [9.17, 15) is 9.59 Å². The van der Waals surface area contributed by atoms with Gasteiger partial charge in [-0.1, -0.05) is 18.2 Å². The van der Waals surface area contributed by atoms with Gasteiger partial charge in [-0.05, 0) is 25.0 Å². The number of para-hydroxylation sites is 1. The fraction of sp³-hybridized carbons (Fsp3) is 0.409. The van der Waals surface area contributed by atoms with E-state index in [1.54, 1.807) is 22.1 Å². The molecule has 2 amide bonds. The maximum atomic E-state index is 12.6. The van der Waals surface area contributed by atoms with Crippen LogP contribution < -0.4 is 15.1 Å². The first-order chi connectivity index (χ1) is 15.2. The number of hydrogen-bond acceptors (Lipinski definition) is 6. The fourth-order valence-corrected chi connectivity index (χ4v) is 4.40. The first-order valence-corrected chi connectivity index (χ1v) is 10.8. The molecule has 1 N–H and O–H groups in total. The number of amides is 2. The quantitative estimate of drug-likeness (QED) is 0.652. The molecule has 2 aliphatic rings. The lowest BCUT2D eigenvalue weighted by Gasteiger charge is -2.17. The van der Waals surface area contributed by atoms with Crippen molar-refractivity contribution in [1.29, 1.82) is 0 Å². The number of fused-ring (bicyclic) bond motifs is 1. The molecule has 1 atom stereocenters. The summed E-state index contributed by atoms with van der Waals surface area (Å²) in [6, 6.07) is 9.47. The Bertz CT molecular complexity index is 1090. The van der Waals surface area contributed by atoms with E-state index in [0.717, 1.165) is 35.6 Å². The number of nitrogens with zero attached hydrogens (tertiary/aromatic N) is 6. The highest BCUT2D eigenvalue weighted by molar-refractivity contribution is 6.00. The van der Waals surface area contributed by atoms with Crippen molar-refractivity contribution in [3.05, 3.63) is 42.9 Å². The predicted molar refractivity (Wildman–Crippen MR) is 117 cm³/mol. The lowest BCUT2D eigenvalue weighted by atomic mass is 10.1. The zero-order valence-electron chi connectivity index (χ0n) is 17.3. The summed E-state index contributed by atoms with van der Waals surface area (Å²) in [7, 11) is 0. The van der Waals surface area contributed by atoms with Crippen LogP contribution in [0.2, 0.25) is 0 Å². The van der Waals surface area contributed by atoms with Gasteiger partial charge < -0.3 is 15.1 Å². The van der Waals surface area contributed by atoms with Gasteiger partial charge in [-0.3, -0.25) is 9.59 Å². The maximum absolute atomic E-state index is 12.6. The lowest BCUT2D eigenvalue weighted by molar-refractivity contribution is -0.126. The van der Waals surface area contributed by atoms with E-state index in [-0.39, 0.29) is 24.2 Å². The summed E-state index contributed by atoms with van der Waals surface area (Å²) < 4.78 is 1.80. The molecule has 2 fully saturated rings. The van der Waals surface area contributed by atoms with E-state index < -0.39 is 0 Å². The zero-order chi connectivity index (χ0) is 21.2. The molecule has 1 unspecified atom stereocenters. The second-order valence-corrected chi connectivity index (χ2v) is 8.03. The van der Waals surface area contributed by atoms with Crippen molar-refractivity contribution < 1.29 is 9.59 Å². The van der Waals surface area contributed by atoms with Gasteiger partial charge in [-0.25, -0.2) is 14.6 Å². The first kappa shape index (κ1) is 19.5. The van der Waals surface area contributed by atoms with Crippen LogP contribution in [-0.2, 0) is 16.1 Å². The molecule has 2 saturated heterocycles. The van der Waals surface area contributed by atoms with Crippen LogP contribution >= 0.6 is 0 Å². The predicted octanol–water partition coefficient (Wildman–Crippen LogP) is 1.60. The van der Waals surface area contributed by atoms with Gasteiger partial charge in [-0.2, -0.15) is 5.10 Å².